The van der Waals surface area contributed by atoms with Crippen molar-refractivity contribution >= 4 is 16.8 Å². The van der Waals surface area contributed by atoms with Crippen LogP contribution in [0.15, 0.2) is 59.4 Å². The zero-order chi connectivity index (χ0) is 21.2. The lowest BCUT2D eigenvalue weighted by atomic mass is 9.76. The third-order valence-electron chi connectivity index (χ3n) is 6.27. The summed E-state index contributed by atoms with van der Waals surface area (Å²) >= 11 is 0. The predicted molar refractivity (Wildman–Crippen MR) is 119 cm³/mol. The van der Waals surface area contributed by atoms with Gasteiger partial charge in [0.1, 0.15) is 0 Å². The minimum atomic E-state index is -0.0855. The molecular weight excluding hydrogens is 374 g/mol. The van der Waals surface area contributed by atoms with E-state index in [1.165, 1.54) is 0 Å². The fourth-order valence-electron chi connectivity index (χ4n) is 4.76. The lowest BCUT2D eigenvalue weighted by Gasteiger charge is -2.30. The molecule has 2 heterocycles. The highest BCUT2D eigenvalue weighted by Crippen LogP contribution is 2.40. The first kappa shape index (κ1) is 18.7. The van der Waals surface area contributed by atoms with Crippen LogP contribution in [0.3, 0.4) is 0 Å². The molecule has 0 radical (unpaired) electrons. The van der Waals surface area contributed by atoms with E-state index in [0.717, 1.165) is 45.7 Å². The van der Waals surface area contributed by atoms with Crippen molar-refractivity contribution in [2.75, 3.05) is 0 Å². The van der Waals surface area contributed by atoms with Gasteiger partial charge in [0.15, 0.2) is 5.78 Å². The lowest BCUT2D eigenvalue weighted by Crippen LogP contribution is -2.27. The molecule has 2 aromatic carbocycles. The highest BCUT2D eigenvalue weighted by Gasteiger charge is 2.35. The fraction of sp³-hybridized carbons (Fsp3) is 0.280. The normalized spacial score (nSPS) is 15.5. The number of aryl methyl sites for hydroxylation is 2. The average molecular weight is 399 g/mol. The molecule has 0 saturated carbocycles. The summed E-state index contributed by atoms with van der Waals surface area (Å²) in [6.45, 7) is 4.30. The van der Waals surface area contributed by atoms with Gasteiger partial charge < -0.3 is 4.57 Å². The Morgan fingerprint density at radius 3 is 2.27 bits per heavy atom. The topological polar surface area (TPSA) is 48.9 Å². The van der Waals surface area contributed by atoms with Gasteiger partial charge in [-0.2, -0.15) is 0 Å². The molecule has 0 N–H and O–H groups in total. The van der Waals surface area contributed by atoms with Gasteiger partial charge in [0.25, 0.3) is 0 Å². The van der Waals surface area contributed by atoms with Crippen molar-refractivity contribution in [1.29, 1.82) is 0 Å². The molecule has 2 aromatic heterocycles. The molecule has 5 nitrogen and oxygen atoms in total. The maximum atomic E-state index is 13.0. The summed E-state index contributed by atoms with van der Waals surface area (Å²) < 4.78 is 5.54. The molecule has 1 aliphatic rings. The second kappa shape index (κ2) is 6.33. The number of Topliss-reactive ketones (excluding diaryl/α,β-unsaturated/α-hetero) is 1. The first-order valence-corrected chi connectivity index (χ1v) is 10.3. The largest absolute Gasteiger partial charge is 0.328 e. The molecule has 0 amide bonds. The highest BCUT2D eigenvalue weighted by molar-refractivity contribution is 6.00. The van der Waals surface area contributed by atoms with Crippen LogP contribution < -0.4 is 5.69 Å². The van der Waals surface area contributed by atoms with Crippen LogP contribution in [0.4, 0.5) is 0 Å². The number of aromatic nitrogens is 3. The van der Waals surface area contributed by atoms with Crippen LogP contribution in [0.25, 0.3) is 28.0 Å². The van der Waals surface area contributed by atoms with Gasteiger partial charge in [-0.25, -0.2) is 4.79 Å². The maximum Gasteiger partial charge on any atom is 0.328 e. The molecule has 5 heteroatoms. The molecule has 0 atom stereocenters. The second-order valence-corrected chi connectivity index (χ2v) is 9.11. The van der Waals surface area contributed by atoms with Gasteiger partial charge in [-0.1, -0.05) is 44.2 Å². The van der Waals surface area contributed by atoms with Crippen LogP contribution in [0.5, 0.6) is 0 Å². The zero-order valence-electron chi connectivity index (χ0n) is 17.8. The Morgan fingerprint density at radius 2 is 1.53 bits per heavy atom. The number of carbonyl (C=O) groups excluding carboxylic acids is 1. The van der Waals surface area contributed by atoms with Crippen LogP contribution in [0.2, 0.25) is 0 Å². The minimum Gasteiger partial charge on any atom is -0.313 e. The Hall–Kier alpha value is -3.34. The van der Waals surface area contributed by atoms with E-state index in [4.69, 9.17) is 0 Å². The van der Waals surface area contributed by atoms with Crippen molar-refractivity contribution in [3.63, 3.8) is 0 Å². The maximum absolute atomic E-state index is 13.0. The molecule has 0 unspecified atom stereocenters. The number of imidazole rings is 1. The Bertz CT molecular complexity index is 1370. The quantitative estimate of drug-likeness (QED) is 0.499. The van der Waals surface area contributed by atoms with E-state index in [0.29, 0.717) is 6.42 Å². The van der Waals surface area contributed by atoms with Crippen molar-refractivity contribution in [2.45, 2.75) is 26.7 Å². The molecular formula is C25H25N3O2. The number of hydrogen-bond acceptors (Lipinski definition) is 2. The highest BCUT2D eigenvalue weighted by atomic mass is 16.1. The molecule has 0 bridgehead atoms. The van der Waals surface area contributed by atoms with Crippen molar-refractivity contribution in [3.8, 4) is 16.9 Å². The third kappa shape index (κ3) is 2.69. The molecule has 0 spiro atoms. The van der Waals surface area contributed by atoms with Crippen molar-refractivity contribution in [3.05, 3.63) is 76.3 Å². The molecule has 0 saturated heterocycles. The van der Waals surface area contributed by atoms with Crippen molar-refractivity contribution in [1.82, 2.24) is 13.7 Å². The van der Waals surface area contributed by atoms with Crippen LogP contribution >= 0.6 is 0 Å². The van der Waals surface area contributed by atoms with Gasteiger partial charge >= 0.3 is 5.69 Å². The summed E-state index contributed by atoms with van der Waals surface area (Å²) in [6, 6.07) is 18.3. The van der Waals surface area contributed by atoms with E-state index >= 15 is 0 Å². The fourth-order valence-corrected chi connectivity index (χ4v) is 4.76. The SMILES string of the molecule is Cn1c(=O)n(C)c2cc(-n3c(-c4ccccc4)cc4c3CC(C)(C)CC4=O)ccc21. The smallest absolute Gasteiger partial charge is 0.313 e. The van der Waals surface area contributed by atoms with E-state index < -0.39 is 0 Å². The zero-order valence-corrected chi connectivity index (χ0v) is 17.8. The number of fused-ring (bicyclic) bond motifs is 2. The molecule has 0 fully saturated rings. The summed E-state index contributed by atoms with van der Waals surface area (Å²) in [7, 11) is 3.59. The van der Waals surface area contributed by atoms with Gasteiger partial charge in [0.2, 0.25) is 0 Å². The van der Waals surface area contributed by atoms with E-state index in [-0.39, 0.29) is 16.9 Å². The second-order valence-electron chi connectivity index (χ2n) is 9.11. The standard InChI is InChI=1S/C25H25N3O2/c1-25(2)14-22-18(23(29)15-25)13-20(16-8-6-5-7-9-16)28(22)17-10-11-19-21(12-17)27(4)24(30)26(19)3/h5-13H,14-15H2,1-4H3. The first-order chi connectivity index (χ1) is 14.3. The summed E-state index contributed by atoms with van der Waals surface area (Å²) in [5, 5.41) is 0. The minimum absolute atomic E-state index is 0.0451. The predicted octanol–water partition coefficient (Wildman–Crippen LogP) is 4.49. The number of benzene rings is 2. The van der Waals surface area contributed by atoms with Gasteiger partial charge in [-0.3, -0.25) is 13.9 Å². The Labute approximate surface area is 175 Å². The van der Waals surface area contributed by atoms with Crippen LogP contribution in [-0.4, -0.2) is 19.5 Å². The summed E-state index contributed by atoms with van der Waals surface area (Å²) in [4.78, 5) is 25.4. The van der Waals surface area contributed by atoms with E-state index in [9.17, 15) is 9.59 Å². The average Bonchev–Trinajstić information content (AvgIpc) is 3.19. The molecule has 0 aliphatic heterocycles. The van der Waals surface area contributed by atoms with Crippen LogP contribution in [0.1, 0.15) is 36.3 Å². The molecule has 30 heavy (non-hydrogen) atoms. The number of rotatable bonds is 2. The summed E-state index contributed by atoms with van der Waals surface area (Å²) in [5.41, 5.74) is 6.55. The van der Waals surface area contributed by atoms with Crippen molar-refractivity contribution in [2.24, 2.45) is 19.5 Å². The van der Waals surface area contributed by atoms with Crippen LogP contribution in [-0.2, 0) is 20.5 Å². The Kier molecular flexibility index (Phi) is 3.94. The number of hydrogen-bond donors (Lipinski definition) is 0. The lowest BCUT2D eigenvalue weighted by molar-refractivity contribution is 0.0911. The first-order valence-electron chi connectivity index (χ1n) is 10.3. The van der Waals surface area contributed by atoms with Gasteiger partial charge in [-0.15, -0.1) is 0 Å². The Morgan fingerprint density at radius 1 is 0.833 bits per heavy atom. The van der Waals surface area contributed by atoms with Gasteiger partial charge in [-0.05, 0) is 41.7 Å². The summed E-state index contributed by atoms with van der Waals surface area (Å²) in [5.74, 6) is 0.199. The summed E-state index contributed by atoms with van der Waals surface area (Å²) in [6.07, 6.45) is 1.39. The van der Waals surface area contributed by atoms with E-state index in [2.05, 4.69) is 36.6 Å². The van der Waals surface area contributed by atoms with E-state index in [1.54, 1.807) is 23.2 Å². The number of ketones is 1. The molecule has 4 aromatic rings. The number of carbonyl (C=O) groups is 1. The van der Waals surface area contributed by atoms with Crippen LogP contribution in [0, 0.1) is 5.41 Å². The van der Waals surface area contributed by atoms with E-state index in [1.807, 2.05) is 36.4 Å². The van der Waals surface area contributed by atoms with Gasteiger partial charge in [0.05, 0.1) is 16.7 Å². The monoisotopic (exact) mass is 399 g/mol. The van der Waals surface area contributed by atoms with Crippen molar-refractivity contribution < 1.29 is 4.79 Å². The van der Waals surface area contributed by atoms with Gasteiger partial charge in [0, 0.05) is 37.5 Å². The number of nitrogens with zero attached hydrogens (tertiary/aromatic N) is 3. The molecule has 152 valence electrons. The molecule has 1 aliphatic carbocycles. The molecule has 5 rings (SSSR count). The Balaban J connectivity index is 1.83. The third-order valence-corrected chi connectivity index (χ3v) is 6.27.